The maximum absolute atomic E-state index is 12.8. The second kappa shape index (κ2) is 12.0. The monoisotopic (exact) mass is 666 g/mol. The van der Waals surface area contributed by atoms with E-state index in [1.165, 1.54) is 23.6 Å². The van der Waals surface area contributed by atoms with Gasteiger partial charge in [0.25, 0.3) is 0 Å². The molecule has 6 heteroatoms. The molecule has 7 aliphatic carbocycles. The standard InChI is InChI=1S/C23H30O4.C20H24O2/c1-13-11-21-20-7-5-16-12-17(26)6-8-18(16)19(20)9-10-22(21,4)23(13,14(2)24)27-15(3)25;1-3-20(22)11-9-18-17-6-4-13-12-14(21)5-7-15(13)16(17)8-10-19(18,20)2/h12,18-21H,1,5-11H2,2-4H3;1,5,7,12,16-18,21-22H,4,6,8-11H2,2H3/t18-,19+,20+,21-,22-,23-;16-,17-,18+,19+,20+/m01/s1. The van der Waals surface area contributed by atoms with Crippen LogP contribution in [0.1, 0.15) is 122 Å². The number of phenols is 1. The summed E-state index contributed by atoms with van der Waals surface area (Å²) < 4.78 is 5.80. The van der Waals surface area contributed by atoms with Crippen LogP contribution in [-0.4, -0.2) is 39.0 Å². The molecule has 0 amide bonds. The zero-order chi connectivity index (χ0) is 35.1. The van der Waals surface area contributed by atoms with Gasteiger partial charge in [0.2, 0.25) is 0 Å². The van der Waals surface area contributed by atoms with Crippen molar-refractivity contribution in [3.8, 4) is 18.1 Å². The molecule has 5 saturated carbocycles. The fourth-order valence-corrected chi connectivity index (χ4v) is 13.1. The van der Waals surface area contributed by atoms with Crippen LogP contribution >= 0.6 is 0 Å². The quantitative estimate of drug-likeness (QED) is 0.190. The maximum atomic E-state index is 12.8. The van der Waals surface area contributed by atoms with Crippen molar-refractivity contribution in [2.24, 2.45) is 46.3 Å². The molecule has 0 heterocycles. The normalized spacial score (nSPS) is 43.1. The smallest absolute Gasteiger partial charge is 0.303 e. The minimum Gasteiger partial charge on any atom is -0.508 e. The van der Waals surface area contributed by atoms with E-state index in [2.05, 4.69) is 32.4 Å². The van der Waals surface area contributed by atoms with E-state index in [-0.39, 0.29) is 22.4 Å². The van der Waals surface area contributed by atoms with Crippen LogP contribution in [0.2, 0.25) is 0 Å². The van der Waals surface area contributed by atoms with E-state index in [9.17, 15) is 24.6 Å². The highest BCUT2D eigenvalue weighted by atomic mass is 16.6. The molecule has 0 aromatic heterocycles. The molecule has 1 aromatic rings. The third-order valence-corrected chi connectivity index (χ3v) is 15.4. The Morgan fingerprint density at radius 1 is 0.898 bits per heavy atom. The second-order valence-electron chi connectivity index (χ2n) is 17.2. The Kier molecular flexibility index (Phi) is 8.37. The number of fused-ring (bicyclic) bond motifs is 10. The van der Waals surface area contributed by atoms with Crippen molar-refractivity contribution < 1.29 is 29.3 Å². The van der Waals surface area contributed by atoms with Gasteiger partial charge in [-0.2, -0.15) is 0 Å². The fraction of sp³-hybridized carbons (Fsp3) is 0.651. The average Bonchev–Trinajstić information content (AvgIpc) is 3.47. The first-order chi connectivity index (χ1) is 23.2. The van der Waals surface area contributed by atoms with Crippen LogP contribution in [0.15, 0.2) is 42.0 Å². The maximum Gasteiger partial charge on any atom is 0.303 e. The van der Waals surface area contributed by atoms with Crippen LogP contribution in [0.5, 0.6) is 5.75 Å². The number of allylic oxidation sites excluding steroid dienone is 1. The topological polar surface area (TPSA) is 101 Å². The number of benzene rings is 1. The number of aromatic hydroxyl groups is 1. The number of ketones is 2. The molecule has 6 nitrogen and oxygen atoms in total. The molecule has 1 aromatic carbocycles. The Balaban J connectivity index is 0.000000157. The molecule has 8 rings (SSSR count). The number of aliphatic hydroxyl groups is 1. The molecule has 0 unspecified atom stereocenters. The van der Waals surface area contributed by atoms with Crippen LogP contribution < -0.4 is 0 Å². The summed E-state index contributed by atoms with van der Waals surface area (Å²) in [6, 6.07) is 5.87. The first-order valence-corrected chi connectivity index (χ1v) is 18.8. The van der Waals surface area contributed by atoms with Gasteiger partial charge in [0.1, 0.15) is 11.4 Å². The summed E-state index contributed by atoms with van der Waals surface area (Å²) in [4.78, 5) is 36.6. The van der Waals surface area contributed by atoms with E-state index in [0.29, 0.717) is 53.6 Å². The number of hydrogen-bond donors (Lipinski definition) is 2. The number of rotatable bonds is 2. The Labute approximate surface area is 292 Å². The molecule has 7 aliphatic rings. The zero-order valence-electron chi connectivity index (χ0n) is 29.9. The molecule has 0 spiro atoms. The van der Waals surface area contributed by atoms with Gasteiger partial charge in [0.15, 0.2) is 17.2 Å². The summed E-state index contributed by atoms with van der Waals surface area (Å²) in [7, 11) is 0. The van der Waals surface area contributed by atoms with Crippen molar-refractivity contribution in [2.75, 3.05) is 0 Å². The van der Waals surface area contributed by atoms with E-state index in [4.69, 9.17) is 11.2 Å². The van der Waals surface area contributed by atoms with E-state index in [1.54, 1.807) is 6.92 Å². The summed E-state index contributed by atoms with van der Waals surface area (Å²) in [6.45, 7) is 11.5. The first kappa shape index (κ1) is 34.3. The highest BCUT2D eigenvalue weighted by molar-refractivity contribution is 5.93. The predicted octanol–water partition coefficient (Wildman–Crippen LogP) is 7.80. The molecule has 11 atom stereocenters. The van der Waals surface area contributed by atoms with Gasteiger partial charge in [-0.05, 0) is 160 Å². The summed E-state index contributed by atoms with van der Waals surface area (Å²) in [5.41, 5.74) is 2.27. The number of hydrogen-bond acceptors (Lipinski definition) is 6. The molecule has 2 N–H and O–H groups in total. The molecular weight excluding hydrogens is 612 g/mol. The van der Waals surface area contributed by atoms with Crippen LogP contribution in [0.4, 0.5) is 0 Å². The minimum absolute atomic E-state index is 0.0918. The van der Waals surface area contributed by atoms with E-state index < -0.39 is 17.2 Å². The van der Waals surface area contributed by atoms with Gasteiger partial charge >= 0.3 is 5.97 Å². The van der Waals surface area contributed by atoms with E-state index in [1.807, 2.05) is 18.2 Å². The fourth-order valence-electron chi connectivity index (χ4n) is 13.1. The average molecular weight is 667 g/mol. The first-order valence-electron chi connectivity index (χ1n) is 18.8. The molecule has 262 valence electrons. The molecular formula is C43H54O6. The third kappa shape index (κ3) is 4.95. The van der Waals surface area contributed by atoms with Gasteiger partial charge in [-0.3, -0.25) is 14.4 Å². The summed E-state index contributed by atoms with van der Waals surface area (Å²) in [6.07, 6.45) is 20.0. The highest BCUT2D eigenvalue weighted by Gasteiger charge is 2.68. The van der Waals surface area contributed by atoms with Crippen LogP contribution in [0, 0.1) is 58.7 Å². The molecule has 0 aliphatic heterocycles. The number of aryl methyl sites for hydroxylation is 1. The Hall–Kier alpha value is -3.17. The van der Waals surface area contributed by atoms with Gasteiger partial charge in [-0.25, -0.2) is 0 Å². The lowest BCUT2D eigenvalue weighted by atomic mass is 9.50. The zero-order valence-corrected chi connectivity index (χ0v) is 29.9. The molecule has 0 bridgehead atoms. The Bertz CT molecular complexity index is 1660. The van der Waals surface area contributed by atoms with Crippen molar-refractivity contribution in [1.29, 1.82) is 0 Å². The summed E-state index contributed by atoms with van der Waals surface area (Å²) in [5, 5.41) is 20.6. The van der Waals surface area contributed by atoms with E-state index >= 15 is 0 Å². The molecule has 0 radical (unpaired) electrons. The number of terminal acetylenes is 1. The lowest BCUT2D eigenvalue weighted by molar-refractivity contribution is -0.180. The van der Waals surface area contributed by atoms with Crippen molar-refractivity contribution in [3.63, 3.8) is 0 Å². The molecule has 0 saturated heterocycles. The predicted molar refractivity (Wildman–Crippen MR) is 188 cm³/mol. The number of carbonyl (C=O) groups excluding carboxylic acids is 3. The van der Waals surface area contributed by atoms with Crippen molar-refractivity contribution >= 4 is 17.5 Å². The number of phenolic OH excluding ortho intramolecular Hbond substituents is 1. The largest absolute Gasteiger partial charge is 0.508 e. The van der Waals surface area contributed by atoms with Gasteiger partial charge < -0.3 is 14.9 Å². The Morgan fingerprint density at radius 3 is 2.35 bits per heavy atom. The minimum atomic E-state index is -1.17. The van der Waals surface area contributed by atoms with Crippen LogP contribution in [0.25, 0.3) is 0 Å². The van der Waals surface area contributed by atoms with Gasteiger partial charge in [-0.15, -0.1) is 6.42 Å². The number of esters is 1. The van der Waals surface area contributed by atoms with Gasteiger partial charge in [-0.1, -0.05) is 38.0 Å². The van der Waals surface area contributed by atoms with Crippen molar-refractivity contribution in [3.05, 3.63) is 53.1 Å². The number of carbonyl (C=O) groups is 3. The molecule has 5 fully saturated rings. The second-order valence-corrected chi connectivity index (χ2v) is 17.2. The highest BCUT2D eigenvalue weighted by Crippen LogP contribution is 2.67. The lowest BCUT2D eigenvalue weighted by Gasteiger charge is -2.55. The van der Waals surface area contributed by atoms with Gasteiger partial charge in [0, 0.05) is 24.2 Å². The number of ether oxygens (including phenoxy) is 1. The van der Waals surface area contributed by atoms with Crippen molar-refractivity contribution in [1.82, 2.24) is 0 Å². The summed E-state index contributed by atoms with van der Waals surface area (Å²) in [5.74, 6) is 6.50. The third-order valence-electron chi connectivity index (χ3n) is 15.4. The molecule has 49 heavy (non-hydrogen) atoms. The van der Waals surface area contributed by atoms with Crippen LogP contribution in [-0.2, 0) is 25.5 Å². The van der Waals surface area contributed by atoms with E-state index in [0.717, 1.165) is 82.6 Å². The Morgan fingerprint density at radius 2 is 1.63 bits per heavy atom. The number of Topliss-reactive ketones (excluding diaryl/α,β-unsaturated/α-hetero) is 1. The lowest BCUT2D eigenvalue weighted by Crippen LogP contribution is -2.58. The SMILES string of the molecule is C#C[C@]1(O)CC[C@H]2[C@@H]3CCc4cc(O)ccc4[C@H]3CC[C@@]21C.C=C1C[C@H]2[C@@H]3CCC4=CC(=O)CC[C@@H]4[C@H]3CC[C@]2(C)[C@@]1(OC(C)=O)C(C)=O. The van der Waals surface area contributed by atoms with Crippen molar-refractivity contribution in [2.45, 2.75) is 128 Å². The van der Waals surface area contributed by atoms with Gasteiger partial charge in [0.05, 0.1) is 0 Å². The summed E-state index contributed by atoms with van der Waals surface area (Å²) >= 11 is 0. The van der Waals surface area contributed by atoms with Crippen LogP contribution in [0.3, 0.4) is 0 Å².